The highest BCUT2D eigenvalue weighted by Crippen LogP contribution is 2.35. The number of hydrogen-bond donors (Lipinski definition) is 1. The van der Waals surface area contributed by atoms with E-state index in [0.717, 1.165) is 18.5 Å². The quantitative estimate of drug-likeness (QED) is 0.807. The third-order valence-electron chi connectivity index (χ3n) is 4.70. The Hall–Kier alpha value is -1.09. The van der Waals surface area contributed by atoms with Crippen LogP contribution in [0.5, 0.6) is 5.75 Å². The van der Waals surface area contributed by atoms with Crippen LogP contribution >= 0.6 is 0 Å². The lowest BCUT2D eigenvalue weighted by molar-refractivity contribution is 0.135. The average molecular weight is 293 g/mol. The summed E-state index contributed by atoms with van der Waals surface area (Å²) in [5.41, 5.74) is 0.840. The lowest BCUT2D eigenvalue weighted by Gasteiger charge is -2.35. The number of rotatable bonds is 6. The summed E-state index contributed by atoms with van der Waals surface area (Å²) in [6, 6.07) is 5.13. The van der Waals surface area contributed by atoms with E-state index in [1.165, 1.54) is 37.8 Å². The van der Waals surface area contributed by atoms with Gasteiger partial charge >= 0.3 is 0 Å². The van der Waals surface area contributed by atoms with Gasteiger partial charge in [0.2, 0.25) is 0 Å². The Balaban J connectivity index is 2.17. The Morgan fingerprint density at radius 1 is 1.24 bits per heavy atom. The number of aromatic hydroxyl groups is 1. The second-order valence-corrected chi connectivity index (χ2v) is 6.74. The summed E-state index contributed by atoms with van der Waals surface area (Å²) < 4.78 is 13.2. The molecular formula is C18H28FNO. The minimum atomic E-state index is -0.377. The molecule has 0 saturated heterocycles. The van der Waals surface area contributed by atoms with Crippen LogP contribution in [0.2, 0.25) is 0 Å². The molecule has 1 aromatic rings. The summed E-state index contributed by atoms with van der Waals surface area (Å²) >= 11 is 0. The monoisotopic (exact) mass is 293 g/mol. The van der Waals surface area contributed by atoms with Gasteiger partial charge in [0, 0.05) is 23.7 Å². The van der Waals surface area contributed by atoms with Crippen LogP contribution in [-0.2, 0) is 0 Å². The molecule has 1 atom stereocenters. The first kappa shape index (κ1) is 16.3. The number of halogens is 1. The minimum absolute atomic E-state index is 0.0787. The van der Waals surface area contributed by atoms with Gasteiger partial charge in [0.05, 0.1) is 0 Å². The van der Waals surface area contributed by atoms with Crippen LogP contribution in [0.25, 0.3) is 0 Å². The molecule has 0 bridgehead atoms. The summed E-state index contributed by atoms with van der Waals surface area (Å²) in [6.07, 6.45) is 6.23. The molecule has 0 spiro atoms. The first-order valence-electron chi connectivity index (χ1n) is 8.23. The fourth-order valence-electron chi connectivity index (χ4n) is 3.38. The van der Waals surface area contributed by atoms with Crippen LogP contribution in [0.3, 0.4) is 0 Å². The molecule has 1 fully saturated rings. The molecule has 0 amide bonds. The molecule has 1 N–H and O–H groups in total. The molecule has 1 unspecified atom stereocenters. The van der Waals surface area contributed by atoms with Crippen LogP contribution < -0.4 is 0 Å². The molecule has 3 heteroatoms. The van der Waals surface area contributed by atoms with E-state index in [2.05, 4.69) is 25.7 Å². The number of hydrogen-bond acceptors (Lipinski definition) is 2. The fourth-order valence-corrected chi connectivity index (χ4v) is 3.38. The molecule has 0 aromatic heterocycles. The Bertz CT molecular complexity index is 455. The lowest BCUT2D eigenvalue weighted by Crippen LogP contribution is -2.37. The molecule has 1 aromatic carbocycles. The van der Waals surface area contributed by atoms with Crippen molar-refractivity contribution < 1.29 is 9.50 Å². The second kappa shape index (κ2) is 7.26. The van der Waals surface area contributed by atoms with Crippen LogP contribution in [0, 0.1) is 11.7 Å². The summed E-state index contributed by atoms with van der Waals surface area (Å²) in [7, 11) is 0. The van der Waals surface area contributed by atoms with E-state index in [-0.39, 0.29) is 17.6 Å². The highest BCUT2D eigenvalue weighted by atomic mass is 19.1. The summed E-state index contributed by atoms with van der Waals surface area (Å²) in [4.78, 5) is 2.51. The minimum Gasteiger partial charge on any atom is -0.508 e. The van der Waals surface area contributed by atoms with E-state index in [9.17, 15) is 9.50 Å². The largest absolute Gasteiger partial charge is 0.508 e. The molecule has 2 rings (SSSR count). The van der Waals surface area contributed by atoms with Gasteiger partial charge in [-0.15, -0.1) is 0 Å². The number of benzene rings is 1. The first-order valence-corrected chi connectivity index (χ1v) is 8.23. The van der Waals surface area contributed by atoms with Crippen molar-refractivity contribution in [3.8, 4) is 5.75 Å². The average Bonchev–Trinajstić information content (AvgIpc) is 2.92. The topological polar surface area (TPSA) is 23.5 Å². The van der Waals surface area contributed by atoms with E-state index >= 15 is 0 Å². The van der Waals surface area contributed by atoms with E-state index in [0.29, 0.717) is 12.0 Å². The summed E-state index contributed by atoms with van der Waals surface area (Å²) in [5, 5.41) is 10.1. The van der Waals surface area contributed by atoms with Gasteiger partial charge in [0.15, 0.2) is 0 Å². The molecule has 0 radical (unpaired) electrons. The van der Waals surface area contributed by atoms with Gasteiger partial charge in [0.1, 0.15) is 11.6 Å². The van der Waals surface area contributed by atoms with Crippen LogP contribution in [-0.4, -0.2) is 22.6 Å². The Kier molecular flexibility index (Phi) is 5.63. The number of nitrogens with zero attached hydrogens (tertiary/aromatic N) is 1. The van der Waals surface area contributed by atoms with Crippen molar-refractivity contribution in [2.24, 2.45) is 5.92 Å². The van der Waals surface area contributed by atoms with Crippen molar-refractivity contribution in [1.29, 1.82) is 0 Å². The highest BCUT2D eigenvalue weighted by molar-refractivity contribution is 5.35. The molecule has 118 valence electrons. The van der Waals surface area contributed by atoms with Gasteiger partial charge in [0.25, 0.3) is 0 Å². The van der Waals surface area contributed by atoms with Gasteiger partial charge < -0.3 is 5.11 Å². The molecular weight excluding hydrogens is 265 g/mol. The number of phenolic OH excluding ortho intramolecular Hbond substituents is 1. The van der Waals surface area contributed by atoms with Crippen molar-refractivity contribution >= 4 is 0 Å². The van der Waals surface area contributed by atoms with Crippen molar-refractivity contribution in [3.05, 3.63) is 29.6 Å². The van der Waals surface area contributed by atoms with Gasteiger partial charge in [-0.25, -0.2) is 4.39 Å². The lowest BCUT2D eigenvalue weighted by atomic mass is 10.0. The smallest absolute Gasteiger partial charge is 0.126 e. The van der Waals surface area contributed by atoms with E-state index in [1.807, 2.05) is 0 Å². The highest BCUT2D eigenvalue weighted by Gasteiger charge is 2.28. The summed E-state index contributed by atoms with van der Waals surface area (Å²) in [5.74, 6) is 0.371. The second-order valence-electron chi connectivity index (χ2n) is 6.74. The zero-order chi connectivity index (χ0) is 15.4. The van der Waals surface area contributed by atoms with Crippen molar-refractivity contribution in [3.63, 3.8) is 0 Å². The van der Waals surface area contributed by atoms with Crippen LogP contribution in [0.1, 0.15) is 64.5 Å². The molecule has 0 aliphatic heterocycles. The predicted molar refractivity (Wildman–Crippen MR) is 84.9 cm³/mol. The van der Waals surface area contributed by atoms with Crippen molar-refractivity contribution in [2.75, 3.05) is 6.54 Å². The first-order chi connectivity index (χ1) is 9.99. The zero-order valence-corrected chi connectivity index (χ0v) is 13.5. The third kappa shape index (κ3) is 4.19. The molecule has 1 saturated carbocycles. The van der Waals surface area contributed by atoms with Crippen LogP contribution in [0.4, 0.5) is 4.39 Å². The van der Waals surface area contributed by atoms with Gasteiger partial charge in [-0.05, 0) is 44.7 Å². The van der Waals surface area contributed by atoms with E-state index < -0.39 is 0 Å². The molecule has 0 heterocycles. The van der Waals surface area contributed by atoms with Crippen molar-refractivity contribution in [2.45, 2.75) is 65.0 Å². The van der Waals surface area contributed by atoms with Crippen LogP contribution in [0.15, 0.2) is 18.2 Å². The fraction of sp³-hybridized carbons (Fsp3) is 0.667. The Morgan fingerprint density at radius 2 is 1.90 bits per heavy atom. The normalized spacial score (nSPS) is 17.8. The van der Waals surface area contributed by atoms with Gasteiger partial charge in [-0.3, -0.25) is 4.90 Å². The molecule has 2 nitrogen and oxygen atoms in total. The number of phenols is 1. The van der Waals surface area contributed by atoms with E-state index in [1.54, 1.807) is 6.07 Å². The maximum atomic E-state index is 13.2. The maximum Gasteiger partial charge on any atom is 0.126 e. The Labute approximate surface area is 128 Å². The van der Waals surface area contributed by atoms with Gasteiger partial charge in [-0.1, -0.05) is 32.8 Å². The zero-order valence-electron chi connectivity index (χ0n) is 13.5. The molecule has 21 heavy (non-hydrogen) atoms. The Morgan fingerprint density at radius 3 is 2.48 bits per heavy atom. The molecule has 1 aliphatic rings. The summed E-state index contributed by atoms with van der Waals surface area (Å²) in [6.45, 7) is 7.66. The SMILES string of the molecule is CC(C)CCN(C1CCCC1)C(C)c1ccc(F)cc1O. The van der Waals surface area contributed by atoms with Crippen molar-refractivity contribution in [1.82, 2.24) is 4.90 Å². The van der Waals surface area contributed by atoms with Gasteiger partial charge in [-0.2, -0.15) is 0 Å². The standard InChI is InChI=1S/C18H28FNO/c1-13(2)10-11-20(16-6-4-5-7-16)14(3)17-9-8-15(19)12-18(17)21/h8-9,12-14,16,21H,4-7,10-11H2,1-3H3. The van der Waals surface area contributed by atoms with E-state index in [4.69, 9.17) is 0 Å². The maximum absolute atomic E-state index is 13.2. The predicted octanol–water partition coefficient (Wildman–Crippen LogP) is 4.88. The molecule has 1 aliphatic carbocycles. The third-order valence-corrected chi connectivity index (χ3v) is 4.70.